The number of hydrogen-bond donors (Lipinski definition) is 11. The number of aliphatic hydroxyl groups is 8. The van der Waals surface area contributed by atoms with Crippen molar-refractivity contribution in [2.24, 2.45) is 0 Å². The molecule has 3 aliphatic rings. The van der Waals surface area contributed by atoms with E-state index < -0.39 is 109 Å². The zero-order valence-corrected chi connectivity index (χ0v) is 18.2. The van der Waals surface area contributed by atoms with Crippen LogP contribution in [0.3, 0.4) is 0 Å². The molecule has 1 unspecified atom stereocenters. The molecule has 19 heteroatoms. The molecule has 3 heterocycles. The maximum Gasteiger partial charge on any atom is 0.375 e. The zero-order valence-electron chi connectivity index (χ0n) is 18.2. The van der Waals surface area contributed by atoms with E-state index in [9.17, 15) is 65.4 Å². The first-order chi connectivity index (χ1) is 17.2. The molecular formula is C18H24O19. The highest BCUT2D eigenvalue weighted by atomic mass is 16.8. The maximum absolute atomic E-state index is 11.8. The topological polar surface area (TPSA) is 320 Å². The quantitative estimate of drug-likeness (QED) is 0.142. The molecule has 0 amide bonds. The minimum atomic E-state index is -2.30. The number of aliphatic carboxylic acids is 3. The van der Waals surface area contributed by atoms with Crippen molar-refractivity contribution in [3.63, 3.8) is 0 Å². The lowest BCUT2D eigenvalue weighted by atomic mass is 9.96. The Labute approximate surface area is 204 Å². The number of rotatable bonds is 7. The van der Waals surface area contributed by atoms with Crippen LogP contribution >= 0.6 is 0 Å². The van der Waals surface area contributed by atoms with Gasteiger partial charge in [-0.25, -0.2) is 14.4 Å². The Hall–Kier alpha value is -2.69. The zero-order chi connectivity index (χ0) is 27.9. The number of carbonyl (C=O) groups is 3. The number of carboxylic acid groups (broad SMARTS) is 3. The lowest BCUT2D eigenvalue weighted by Crippen LogP contribution is -2.66. The summed E-state index contributed by atoms with van der Waals surface area (Å²) in [6, 6.07) is 0. The smallest absolute Gasteiger partial charge is 0.375 e. The van der Waals surface area contributed by atoms with Gasteiger partial charge >= 0.3 is 17.9 Å². The van der Waals surface area contributed by atoms with Crippen molar-refractivity contribution in [1.82, 2.24) is 0 Å². The Balaban J connectivity index is 1.82. The van der Waals surface area contributed by atoms with Crippen LogP contribution in [0.25, 0.3) is 0 Å². The molecule has 210 valence electrons. The summed E-state index contributed by atoms with van der Waals surface area (Å²) in [5, 5.41) is 108. The van der Waals surface area contributed by atoms with Crippen LogP contribution in [0.15, 0.2) is 11.5 Å². The molecule has 0 radical (unpaired) electrons. The van der Waals surface area contributed by atoms with E-state index in [1.807, 2.05) is 0 Å². The van der Waals surface area contributed by atoms with E-state index in [1.165, 1.54) is 0 Å². The van der Waals surface area contributed by atoms with Gasteiger partial charge in [-0.3, -0.25) is 0 Å². The average molecular weight is 544 g/mol. The predicted octanol–water partition coefficient (Wildman–Crippen LogP) is -6.26. The number of aliphatic hydroxyl groups excluding tert-OH is 8. The second-order valence-electron chi connectivity index (χ2n) is 8.15. The molecule has 0 spiro atoms. The van der Waals surface area contributed by atoms with Gasteiger partial charge in [0.2, 0.25) is 12.0 Å². The predicted molar refractivity (Wildman–Crippen MR) is 103 cm³/mol. The standard InChI is InChI=1S/C18H24O19/c19-1-2(20)10(13(26)27)36-17(6(1)24)35-9-4(22)7(25)18(37-12(9)15(30)31)34-8-3(21)5(23)16(32)33-11(8)14(28)29/h1,3-9,11-12,16-25,32H,(H,26,27)(H,28,29)(H,30,31)/t1-,3+,4+,5-,6-,7-,8-,9-,11+,12+,16?,17+,18+/m0/s1. The van der Waals surface area contributed by atoms with E-state index in [4.69, 9.17) is 24.1 Å². The lowest BCUT2D eigenvalue weighted by molar-refractivity contribution is -0.359. The average Bonchev–Trinajstić information content (AvgIpc) is 2.82. The van der Waals surface area contributed by atoms with Gasteiger partial charge in [-0.2, -0.15) is 0 Å². The van der Waals surface area contributed by atoms with Crippen LogP contribution in [0.5, 0.6) is 0 Å². The van der Waals surface area contributed by atoms with Gasteiger partial charge in [-0.05, 0) is 0 Å². The third-order valence-corrected chi connectivity index (χ3v) is 5.72. The van der Waals surface area contributed by atoms with Crippen LogP contribution in [0.1, 0.15) is 0 Å². The highest BCUT2D eigenvalue weighted by molar-refractivity contribution is 5.85. The van der Waals surface area contributed by atoms with Crippen molar-refractivity contribution in [1.29, 1.82) is 0 Å². The van der Waals surface area contributed by atoms with E-state index in [0.29, 0.717) is 0 Å². The van der Waals surface area contributed by atoms with E-state index in [2.05, 4.69) is 4.74 Å². The van der Waals surface area contributed by atoms with E-state index in [0.717, 1.165) is 0 Å². The first-order valence-electron chi connectivity index (χ1n) is 10.3. The van der Waals surface area contributed by atoms with Gasteiger partial charge in [0.25, 0.3) is 0 Å². The summed E-state index contributed by atoms with van der Waals surface area (Å²) in [6.45, 7) is 0. The third-order valence-electron chi connectivity index (χ3n) is 5.72. The Morgan fingerprint density at radius 2 is 1.14 bits per heavy atom. The maximum atomic E-state index is 11.8. The molecule has 0 aromatic heterocycles. The molecule has 0 aromatic carbocycles. The van der Waals surface area contributed by atoms with Crippen LogP contribution in [-0.2, 0) is 38.1 Å². The molecular weight excluding hydrogens is 520 g/mol. The molecule has 0 aromatic rings. The van der Waals surface area contributed by atoms with Crippen molar-refractivity contribution in [3.05, 3.63) is 11.5 Å². The number of ether oxygens (including phenoxy) is 5. The summed E-state index contributed by atoms with van der Waals surface area (Å²) in [7, 11) is 0. The molecule has 0 bridgehead atoms. The second kappa shape index (κ2) is 11.0. The molecule has 13 atom stereocenters. The van der Waals surface area contributed by atoms with Crippen LogP contribution < -0.4 is 0 Å². The molecule has 2 fully saturated rings. The normalized spacial score (nSPS) is 44.7. The van der Waals surface area contributed by atoms with Gasteiger partial charge in [0.1, 0.15) is 48.8 Å². The van der Waals surface area contributed by atoms with Crippen LogP contribution in [0, 0.1) is 0 Å². The summed E-state index contributed by atoms with van der Waals surface area (Å²) < 4.78 is 24.6. The molecule has 3 rings (SSSR count). The fourth-order valence-electron chi connectivity index (χ4n) is 3.77. The summed E-state index contributed by atoms with van der Waals surface area (Å²) in [6.07, 6.45) is -28.6. The number of carboxylic acids is 3. The fraction of sp³-hybridized carbons (Fsp3) is 0.722. The van der Waals surface area contributed by atoms with Gasteiger partial charge < -0.3 is 79.9 Å². The molecule has 0 saturated carbocycles. The lowest BCUT2D eigenvalue weighted by Gasteiger charge is -2.45. The number of hydrogen-bond acceptors (Lipinski definition) is 16. The van der Waals surface area contributed by atoms with Gasteiger partial charge in [0.05, 0.1) is 0 Å². The molecule has 19 nitrogen and oxygen atoms in total. The first kappa shape index (κ1) is 28.9. The summed E-state index contributed by atoms with van der Waals surface area (Å²) >= 11 is 0. The SMILES string of the molecule is O=C(O)C1=C(O)[C@H](O)[C@H](O)[C@H](O[C@H]2[C@H](O)[C@H](O)[C@H](O[C@H]3[C@H](O)[C@H](O)C(O)O[C@H]3C(=O)O)O[C@H]2C(=O)O)O1. The Morgan fingerprint density at radius 1 is 0.649 bits per heavy atom. The van der Waals surface area contributed by atoms with Gasteiger partial charge in [0, 0.05) is 0 Å². The fourth-order valence-corrected chi connectivity index (χ4v) is 3.77. The van der Waals surface area contributed by atoms with E-state index >= 15 is 0 Å². The molecule has 37 heavy (non-hydrogen) atoms. The van der Waals surface area contributed by atoms with Crippen molar-refractivity contribution in [2.75, 3.05) is 0 Å². The largest absolute Gasteiger partial charge is 0.506 e. The van der Waals surface area contributed by atoms with Crippen LogP contribution in [-0.4, -0.2) is 154 Å². The van der Waals surface area contributed by atoms with E-state index in [1.54, 1.807) is 0 Å². The molecule has 2 saturated heterocycles. The summed E-state index contributed by atoms with van der Waals surface area (Å²) in [5.74, 6) is -8.15. The minimum Gasteiger partial charge on any atom is -0.506 e. The third kappa shape index (κ3) is 5.46. The molecule has 11 N–H and O–H groups in total. The minimum absolute atomic E-state index is 1.27. The highest BCUT2D eigenvalue weighted by Gasteiger charge is 2.55. The Bertz CT molecular complexity index is 921. The van der Waals surface area contributed by atoms with Crippen molar-refractivity contribution >= 4 is 17.9 Å². The second-order valence-corrected chi connectivity index (χ2v) is 8.15. The monoisotopic (exact) mass is 544 g/mol. The van der Waals surface area contributed by atoms with Gasteiger partial charge in [-0.1, -0.05) is 0 Å². The Morgan fingerprint density at radius 3 is 1.65 bits per heavy atom. The summed E-state index contributed by atoms with van der Waals surface area (Å²) in [5.41, 5.74) is 0. The van der Waals surface area contributed by atoms with Crippen molar-refractivity contribution in [2.45, 2.75) is 79.9 Å². The summed E-state index contributed by atoms with van der Waals surface area (Å²) in [4.78, 5) is 34.5. The van der Waals surface area contributed by atoms with Crippen LogP contribution in [0.2, 0.25) is 0 Å². The van der Waals surface area contributed by atoms with Crippen LogP contribution in [0.4, 0.5) is 0 Å². The highest BCUT2D eigenvalue weighted by Crippen LogP contribution is 2.32. The van der Waals surface area contributed by atoms with E-state index in [-0.39, 0.29) is 0 Å². The molecule has 3 aliphatic heterocycles. The molecule has 0 aliphatic carbocycles. The van der Waals surface area contributed by atoms with Crippen molar-refractivity contribution in [3.8, 4) is 0 Å². The Kier molecular flexibility index (Phi) is 8.56. The van der Waals surface area contributed by atoms with Crippen molar-refractivity contribution < 1.29 is 94.2 Å². The first-order valence-corrected chi connectivity index (χ1v) is 10.3. The van der Waals surface area contributed by atoms with Gasteiger partial charge in [0.15, 0.2) is 30.5 Å². The van der Waals surface area contributed by atoms with Gasteiger partial charge in [-0.15, -0.1) is 0 Å².